The molecular formula is C17H11F3N2O4S. The van der Waals surface area contributed by atoms with Gasteiger partial charge in [0.15, 0.2) is 5.56 Å². The maximum atomic E-state index is 12.6. The molecule has 0 bridgehead atoms. The topological polar surface area (TPSA) is 92.4 Å². The molecule has 0 radical (unpaired) electrons. The summed E-state index contributed by atoms with van der Waals surface area (Å²) in [7, 11) is 0. The van der Waals surface area contributed by atoms with Crippen LogP contribution in [-0.2, 0) is 6.18 Å². The van der Waals surface area contributed by atoms with Crippen LogP contribution in [0.5, 0.6) is 0 Å². The summed E-state index contributed by atoms with van der Waals surface area (Å²) in [6, 6.07) is 7.45. The fourth-order valence-electron chi connectivity index (χ4n) is 2.25. The summed E-state index contributed by atoms with van der Waals surface area (Å²) in [5, 5.41) is 16.1. The minimum absolute atomic E-state index is 0.0000369. The van der Waals surface area contributed by atoms with Crippen molar-refractivity contribution in [2.75, 3.05) is 5.32 Å². The van der Waals surface area contributed by atoms with Crippen molar-refractivity contribution in [3.8, 4) is 11.3 Å². The maximum Gasteiger partial charge on any atom is 0.417 e. The van der Waals surface area contributed by atoms with E-state index >= 15 is 0 Å². The Bertz CT molecular complexity index is 1010. The number of benzene rings is 1. The number of aryl methyl sites for hydroxylation is 1. The van der Waals surface area contributed by atoms with Gasteiger partial charge in [-0.2, -0.15) is 13.2 Å². The molecule has 2 aromatic heterocycles. The Morgan fingerprint density at radius 3 is 2.44 bits per heavy atom. The van der Waals surface area contributed by atoms with Gasteiger partial charge in [0.25, 0.3) is 5.91 Å². The van der Waals surface area contributed by atoms with E-state index in [1.807, 2.05) is 6.92 Å². The average molecular weight is 396 g/mol. The summed E-state index contributed by atoms with van der Waals surface area (Å²) in [5.41, 5.74) is 0.0531. The zero-order valence-electron chi connectivity index (χ0n) is 13.6. The SMILES string of the molecule is Cc1ccc(-c2noc(NC(=O)c3cc(C(F)(F)F)cs3)c2C(=O)O)cc1. The lowest BCUT2D eigenvalue weighted by atomic mass is 10.1. The van der Waals surface area contributed by atoms with Gasteiger partial charge in [0, 0.05) is 10.9 Å². The molecule has 0 saturated heterocycles. The molecule has 1 amide bonds. The Kier molecular flexibility index (Phi) is 4.75. The largest absolute Gasteiger partial charge is 0.477 e. The van der Waals surface area contributed by atoms with Crippen LogP contribution < -0.4 is 5.32 Å². The number of anilines is 1. The molecule has 0 aliphatic rings. The molecule has 0 saturated carbocycles. The van der Waals surface area contributed by atoms with E-state index in [0.717, 1.165) is 10.9 Å². The molecule has 0 atom stereocenters. The summed E-state index contributed by atoms with van der Waals surface area (Å²) in [5.74, 6) is -2.78. The van der Waals surface area contributed by atoms with Crippen molar-refractivity contribution in [2.24, 2.45) is 0 Å². The van der Waals surface area contributed by atoms with Gasteiger partial charge in [-0.05, 0) is 13.0 Å². The number of halogens is 3. The van der Waals surface area contributed by atoms with Gasteiger partial charge in [-0.3, -0.25) is 10.1 Å². The quantitative estimate of drug-likeness (QED) is 0.668. The van der Waals surface area contributed by atoms with Gasteiger partial charge in [-0.25, -0.2) is 4.79 Å². The zero-order chi connectivity index (χ0) is 19.8. The van der Waals surface area contributed by atoms with Crippen LogP contribution in [0.1, 0.15) is 31.2 Å². The highest BCUT2D eigenvalue weighted by atomic mass is 32.1. The van der Waals surface area contributed by atoms with Gasteiger partial charge in [-0.15, -0.1) is 11.3 Å². The van der Waals surface area contributed by atoms with Crippen molar-refractivity contribution in [1.82, 2.24) is 5.16 Å². The standard InChI is InChI=1S/C17H11F3N2O4S/c1-8-2-4-9(5-3-8)13-12(16(24)25)15(26-22-13)21-14(23)11-6-10(7-27-11)17(18,19)20/h2-7H,1H3,(H,21,23)(H,24,25). The van der Waals surface area contributed by atoms with E-state index in [9.17, 15) is 27.9 Å². The molecule has 10 heteroatoms. The Hall–Kier alpha value is -3.14. The molecule has 2 N–H and O–H groups in total. The first kappa shape index (κ1) is 18.6. The van der Waals surface area contributed by atoms with Gasteiger partial charge < -0.3 is 9.63 Å². The third-order valence-corrected chi connectivity index (χ3v) is 4.54. The van der Waals surface area contributed by atoms with Crippen molar-refractivity contribution in [3.63, 3.8) is 0 Å². The number of amides is 1. The van der Waals surface area contributed by atoms with Crippen molar-refractivity contribution in [2.45, 2.75) is 13.1 Å². The highest BCUT2D eigenvalue weighted by Crippen LogP contribution is 2.34. The number of thiophene rings is 1. The number of carboxylic acids is 1. The lowest BCUT2D eigenvalue weighted by Gasteiger charge is -2.02. The van der Waals surface area contributed by atoms with Crippen LogP contribution in [0.4, 0.5) is 19.1 Å². The Balaban J connectivity index is 1.91. The van der Waals surface area contributed by atoms with Crippen LogP contribution in [0, 0.1) is 6.92 Å². The van der Waals surface area contributed by atoms with Crippen LogP contribution in [0.2, 0.25) is 0 Å². The van der Waals surface area contributed by atoms with Crippen LogP contribution in [0.25, 0.3) is 11.3 Å². The van der Waals surface area contributed by atoms with E-state index in [4.69, 9.17) is 4.52 Å². The lowest BCUT2D eigenvalue weighted by molar-refractivity contribution is -0.137. The number of carbonyl (C=O) groups excluding carboxylic acids is 1. The molecule has 140 valence electrons. The van der Waals surface area contributed by atoms with E-state index in [0.29, 0.717) is 23.0 Å². The number of carboxylic acid groups (broad SMARTS) is 1. The number of nitrogens with one attached hydrogen (secondary N) is 1. The van der Waals surface area contributed by atoms with E-state index < -0.39 is 29.5 Å². The molecule has 0 spiro atoms. The highest BCUT2D eigenvalue weighted by molar-refractivity contribution is 7.12. The molecular weight excluding hydrogens is 385 g/mol. The number of aromatic carboxylic acids is 1. The molecule has 0 aliphatic heterocycles. The zero-order valence-corrected chi connectivity index (χ0v) is 14.4. The molecule has 6 nitrogen and oxygen atoms in total. The molecule has 0 unspecified atom stereocenters. The number of carbonyl (C=O) groups is 2. The van der Waals surface area contributed by atoms with Crippen molar-refractivity contribution in [3.05, 3.63) is 57.3 Å². The first-order valence-corrected chi connectivity index (χ1v) is 8.32. The average Bonchev–Trinajstić information content (AvgIpc) is 3.22. The number of hydrogen-bond acceptors (Lipinski definition) is 5. The second-order valence-electron chi connectivity index (χ2n) is 5.56. The van der Waals surface area contributed by atoms with Crippen LogP contribution in [-0.4, -0.2) is 22.1 Å². The third kappa shape index (κ3) is 3.85. The first-order chi connectivity index (χ1) is 12.7. The van der Waals surface area contributed by atoms with Crippen LogP contribution in [0.15, 0.2) is 40.2 Å². The maximum absolute atomic E-state index is 12.6. The molecule has 27 heavy (non-hydrogen) atoms. The summed E-state index contributed by atoms with van der Waals surface area (Å²) in [4.78, 5) is 23.5. The molecule has 3 rings (SSSR count). The Morgan fingerprint density at radius 1 is 1.22 bits per heavy atom. The monoisotopic (exact) mass is 396 g/mol. The van der Waals surface area contributed by atoms with Crippen molar-refractivity contribution >= 4 is 29.1 Å². The number of hydrogen-bond donors (Lipinski definition) is 2. The highest BCUT2D eigenvalue weighted by Gasteiger charge is 2.33. The van der Waals surface area contributed by atoms with Gasteiger partial charge in [0.05, 0.1) is 10.4 Å². The van der Waals surface area contributed by atoms with Crippen molar-refractivity contribution in [1.29, 1.82) is 0 Å². The summed E-state index contributed by atoms with van der Waals surface area (Å²) in [6.45, 7) is 1.85. The van der Waals surface area contributed by atoms with Gasteiger partial charge in [0.2, 0.25) is 5.88 Å². The normalized spacial score (nSPS) is 11.4. The van der Waals surface area contributed by atoms with Crippen molar-refractivity contribution < 1.29 is 32.4 Å². The third-order valence-electron chi connectivity index (χ3n) is 3.61. The van der Waals surface area contributed by atoms with Gasteiger partial charge >= 0.3 is 12.1 Å². The Labute approximate surface area is 154 Å². The van der Waals surface area contributed by atoms with Crippen LogP contribution in [0.3, 0.4) is 0 Å². The lowest BCUT2D eigenvalue weighted by Crippen LogP contribution is -2.13. The summed E-state index contributed by atoms with van der Waals surface area (Å²) in [6.07, 6.45) is -4.58. The van der Waals surface area contributed by atoms with E-state index in [1.54, 1.807) is 24.3 Å². The molecule has 3 aromatic rings. The molecule has 0 aliphatic carbocycles. The van der Waals surface area contributed by atoms with Gasteiger partial charge in [-0.1, -0.05) is 35.0 Å². The first-order valence-electron chi connectivity index (χ1n) is 7.44. The van der Waals surface area contributed by atoms with E-state index in [1.165, 1.54) is 0 Å². The molecule has 2 heterocycles. The smallest absolute Gasteiger partial charge is 0.417 e. The van der Waals surface area contributed by atoms with Gasteiger partial charge in [0.1, 0.15) is 5.69 Å². The minimum Gasteiger partial charge on any atom is -0.477 e. The van der Waals surface area contributed by atoms with E-state index in [2.05, 4.69) is 10.5 Å². The minimum atomic E-state index is -4.58. The number of aromatic nitrogens is 1. The number of alkyl halides is 3. The fourth-order valence-corrected chi connectivity index (χ4v) is 3.06. The number of rotatable bonds is 4. The molecule has 1 aromatic carbocycles. The second-order valence-corrected chi connectivity index (χ2v) is 6.47. The predicted octanol–water partition coefficient (Wildman–Crippen LogP) is 4.68. The summed E-state index contributed by atoms with van der Waals surface area (Å²) >= 11 is 0.581. The Morgan fingerprint density at radius 2 is 1.89 bits per heavy atom. The van der Waals surface area contributed by atoms with E-state index in [-0.39, 0.29) is 16.1 Å². The number of nitrogens with zero attached hydrogens (tertiary/aromatic N) is 1. The molecule has 0 fully saturated rings. The summed E-state index contributed by atoms with van der Waals surface area (Å²) < 4.78 is 42.9. The fraction of sp³-hybridized carbons (Fsp3) is 0.118. The predicted molar refractivity (Wildman–Crippen MR) is 90.9 cm³/mol. The second kappa shape index (κ2) is 6.88. The van der Waals surface area contributed by atoms with Crippen LogP contribution >= 0.6 is 11.3 Å².